The quantitative estimate of drug-likeness (QED) is 0.469. The number of nitrogens with one attached hydrogen (secondary N) is 1. The van der Waals surface area contributed by atoms with E-state index in [-0.39, 0.29) is 42.3 Å². The summed E-state index contributed by atoms with van der Waals surface area (Å²) in [5, 5.41) is 2.93. The molecule has 0 radical (unpaired) electrons. The Labute approximate surface area is 140 Å². The molecule has 0 aliphatic rings. The van der Waals surface area contributed by atoms with Crippen LogP contribution in [0.5, 0.6) is 5.75 Å². The van der Waals surface area contributed by atoms with Gasteiger partial charge >= 0.3 is 0 Å². The molecule has 2 aromatic carbocycles. The van der Waals surface area contributed by atoms with Crippen molar-refractivity contribution >= 4 is 35.6 Å². The summed E-state index contributed by atoms with van der Waals surface area (Å²) < 4.78 is 18.5. The van der Waals surface area contributed by atoms with Crippen LogP contribution in [0.4, 0.5) is 10.1 Å². The molecular weight excluding hydrogens is 384 g/mol. The van der Waals surface area contributed by atoms with Gasteiger partial charge in [-0.25, -0.2) is 9.38 Å². The van der Waals surface area contributed by atoms with Crippen LogP contribution in [0, 0.1) is 5.82 Å². The van der Waals surface area contributed by atoms with Crippen LogP contribution in [0.1, 0.15) is 5.56 Å². The molecule has 0 fully saturated rings. The first kappa shape index (κ1) is 17.2. The highest BCUT2D eigenvalue weighted by Gasteiger charge is 2.00. The Morgan fingerprint density at radius 2 is 2.00 bits per heavy atom. The number of halogens is 2. The monoisotopic (exact) mass is 401 g/mol. The van der Waals surface area contributed by atoms with Gasteiger partial charge in [0.1, 0.15) is 11.6 Å². The van der Waals surface area contributed by atoms with Crippen LogP contribution in [-0.4, -0.2) is 13.1 Å². The third kappa shape index (κ3) is 5.22. The Morgan fingerprint density at radius 3 is 2.71 bits per heavy atom. The molecule has 0 aliphatic carbocycles. The molecular formula is C15H17FIN3O. The van der Waals surface area contributed by atoms with Gasteiger partial charge in [0.25, 0.3) is 0 Å². The van der Waals surface area contributed by atoms with Crippen LogP contribution in [0.2, 0.25) is 0 Å². The summed E-state index contributed by atoms with van der Waals surface area (Å²) in [4.78, 5) is 4.11. The average molecular weight is 401 g/mol. The summed E-state index contributed by atoms with van der Waals surface area (Å²) in [6.07, 6.45) is 0. The zero-order chi connectivity index (χ0) is 14.4. The molecule has 0 bridgehead atoms. The third-order valence-corrected chi connectivity index (χ3v) is 2.72. The zero-order valence-corrected chi connectivity index (χ0v) is 13.9. The van der Waals surface area contributed by atoms with Crippen LogP contribution in [-0.2, 0) is 6.54 Å². The predicted molar refractivity (Wildman–Crippen MR) is 93.8 cm³/mol. The van der Waals surface area contributed by atoms with Crippen molar-refractivity contribution in [3.8, 4) is 5.75 Å². The molecule has 0 saturated heterocycles. The summed E-state index contributed by atoms with van der Waals surface area (Å²) in [6.45, 7) is 0.190. The molecule has 0 saturated carbocycles. The van der Waals surface area contributed by atoms with E-state index in [1.54, 1.807) is 31.4 Å². The number of guanidine groups is 1. The Kier molecular flexibility index (Phi) is 6.93. The minimum absolute atomic E-state index is 0. The van der Waals surface area contributed by atoms with Crippen molar-refractivity contribution in [3.05, 3.63) is 59.9 Å². The smallest absolute Gasteiger partial charge is 0.193 e. The number of hydrogen-bond acceptors (Lipinski definition) is 2. The normalized spacial score (nSPS) is 10.7. The lowest BCUT2D eigenvalue weighted by molar-refractivity contribution is 0.415. The summed E-state index contributed by atoms with van der Waals surface area (Å²) >= 11 is 0. The fraction of sp³-hybridized carbons (Fsp3) is 0.133. The minimum atomic E-state index is -0.287. The van der Waals surface area contributed by atoms with E-state index in [4.69, 9.17) is 10.5 Å². The Balaban J connectivity index is 0.00000220. The second kappa shape index (κ2) is 8.46. The first-order valence-corrected chi connectivity index (χ1v) is 6.13. The molecule has 6 heteroatoms. The molecule has 2 rings (SSSR count). The van der Waals surface area contributed by atoms with E-state index in [2.05, 4.69) is 10.3 Å². The van der Waals surface area contributed by atoms with Crippen molar-refractivity contribution in [2.75, 3.05) is 12.4 Å². The SMILES string of the molecule is COc1cccc(NC(N)=NCc2ccccc2F)c1.I. The summed E-state index contributed by atoms with van der Waals surface area (Å²) in [6, 6.07) is 13.8. The number of nitrogens with two attached hydrogens (primary N) is 1. The number of benzene rings is 2. The lowest BCUT2D eigenvalue weighted by Gasteiger charge is -2.07. The molecule has 0 amide bonds. The van der Waals surface area contributed by atoms with Gasteiger partial charge < -0.3 is 15.8 Å². The topological polar surface area (TPSA) is 59.6 Å². The molecule has 0 heterocycles. The van der Waals surface area contributed by atoms with Crippen molar-refractivity contribution < 1.29 is 9.13 Å². The molecule has 4 nitrogen and oxygen atoms in total. The van der Waals surface area contributed by atoms with Crippen LogP contribution in [0.3, 0.4) is 0 Å². The summed E-state index contributed by atoms with van der Waals surface area (Å²) in [7, 11) is 1.59. The van der Waals surface area contributed by atoms with E-state index in [1.807, 2.05) is 18.2 Å². The molecule has 2 aromatic rings. The van der Waals surface area contributed by atoms with Gasteiger partial charge in [-0.05, 0) is 18.2 Å². The highest BCUT2D eigenvalue weighted by atomic mass is 127. The van der Waals surface area contributed by atoms with E-state index in [0.717, 1.165) is 11.4 Å². The van der Waals surface area contributed by atoms with E-state index < -0.39 is 0 Å². The average Bonchev–Trinajstić information content (AvgIpc) is 2.46. The van der Waals surface area contributed by atoms with Crippen molar-refractivity contribution in [2.24, 2.45) is 10.7 Å². The van der Waals surface area contributed by atoms with Crippen LogP contribution >= 0.6 is 24.0 Å². The van der Waals surface area contributed by atoms with Gasteiger partial charge in [0.05, 0.1) is 13.7 Å². The fourth-order valence-corrected chi connectivity index (χ4v) is 1.69. The lowest BCUT2D eigenvalue weighted by Crippen LogP contribution is -2.22. The first-order chi connectivity index (χ1) is 9.69. The Bertz CT molecular complexity index is 619. The molecule has 0 unspecified atom stereocenters. The van der Waals surface area contributed by atoms with E-state index in [0.29, 0.717) is 5.56 Å². The maximum absolute atomic E-state index is 13.4. The van der Waals surface area contributed by atoms with Crippen LogP contribution in [0.15, 0.2) is 53.5 Å². The molecule has 21 heavy (non-hydrogen) atoms. The highest BCUT2D eigenvalue weighted by molar-refractivity contribution is 14.0. The van der Waals surface area contributed by atoms with Gasteiger partial charge in [0.15, 0.2) is 5.96 Å². The van der Waals surface area contributed by atoms with Crippen LogP contribution in [0.25, 0.3) is 0 Å². The van der Waals surface area contributed by atoms with Crippen LogP contribution < -0.4 is 15.8 Å². The van der Waals surface area contributed by atoms with Crippen molar-refractivity contribution in [1.29, 1.82) is 0 Å². The van der Waals surface area contributed by atoms with Crippen molar-refractivity contribution in [2.45, 2.75) is 6.54 Å². The lowest BCUT2D eigenvalue weighted by atomic mass is 10.2. The molecule has 0 aliphatic heterocycles. The van der Waals surface area contributed by atoms with E-state index in [1.165, 1.54) is 6.07 Å². The predicted octanol–water partition coefficient (Wildman–Crippen LogP) is 3.38. The Hall–Kier alpha value is -1.83. The Morgan fingerprint density at radius 1 is 1.24 bits per heavy atom. The maximum atomic E-state index is 13.4. The molecule has 0 aromatic heterocycles. The number of ether oxygens (including phenoxy) is 1. The highest BCUT2D eigenvalue weighted by Crippen LogP contribution is 2.16. The fourth-order valence-electron chi connectivity index (χ4n) is 1.69. The number of aliphatic imine (C=N–C) groups is 1. The van der Waals surface area contributed by atoms with Gasteiger partial charge in [-0.1, -0.05) is 24.3 Å². The largest absolute Gasteiger partial charge is 0.497 e. The summed E-state index contributed by atoms with van der Waals surface area (Å²) in [5.41, 5.74) is 7.04. The number of methoxy groups -OCH3 is 1. The molecule has 112 valence electrons. The first-order valence-electron chi connectivity index (χ1n) is 6.13. The van der Waals surface area contributed by atoms with Gasteiger partial charge in [-0.15, -0.1) is 24.0 Å². The zero-order valence-electron chi connectivity index (χ0n) is 11.5. The van der Waals surface area contributed by atoms with Crippen molar-refractivity contribution in [3.63, 3.8) is 0 Å². The number of rotatable bonds is 4. The number of hydrogen-bond donors (Lipinski definition) is 2. The van der Waals surface area contributed by atoms with Gasteiger partial charge in [-0.3, -0.25) is 0 Å². The maximum Gasteiger partial charge on any atom is 0.193 e. The van der Waals surface area contributed by atoms with Gasteiger partial charge in [-0.2, -0.15) is 0 Å². The molecule has 3 N–H and O–H groups in total. The van der Waals surface area contributed by atoms with Gasteiger partial charge in [0.2, 0.25) is 0 Å². The molecule has 0 atom stereocenters. The third-order valence-electron chi connectivity index (χ3n) is 2.72. The second-order valence-corrected chi connectivity index (χ2v) is 4.15. The molecule has 0 spiro atoms. The minimum Gasteiger partial charge on any atom is -0.497 e. The second-order valence-electron chi connectivity index (χ2n) is 4.15. The van der Waals surface area contributed by atoms with Gasteiger partial charge in [0, 0.05) is 17.3 Å². The van der Waals surface area contributed by atoms with E-state index in [9.17, 15) is 4.39 Å². The van der Waals surface area contributed by atoms with Crippen molar-refractivity contribution in [1.82, 2.24) is 0 Å². The number of anilines is 1. The standard InChI is InChI=1S/C15H16FN3O.HI/c1-20-13-7-4-6-12(9-13)19-15(17)18-10-11-5-2-3-8-14(11)16;/h2-9H,10H2,1H3,(H3,17,18,19);1H. The number of nitrogens with zero attached hydrogens (tertiary/aromatic N) is 1. The van der Waals surface area contributed by atoms with E-state index >= 15 is 0 Å². The summed E-state index contributed by atoms with van der Waals surface area (Å²) in [5.74, 6) is 0.656.